The van der Waals surface area contributed by atoms with Gasteiger partial charge in [-0.2, -0.15) is 5.56 Å². The summed E-state index contributed by atoms with van der Waals surface area (Å²) in [4.78, 5) is 27.7. The van der Waals surface area contributed by atoms with Gasteiger partial charge in [0.1, 0.15) is 0 Å². The van der Waals surface area contributed by atoms with E-state index in [4.69, 9.17) is 0 Å². The first-order chi connectivity index (χ1) is 44.6. The number of hydrogen-bond acceptors (Lipinski definition) is 6. The van der Waals surface area contributed by atoms with Crippen molar-refractivity contribution in [3.05, 3.63) is 359 Å². The molecule has 0 aliphatic carbocycles. The fraction of sp³-hybridized carbons (Fsp3) is 0. The first-order valence-electron chi connectivity index (χ1n) is 29.5. The molecule has 8 heteroatoms. The van der Waals surface area contributed by atoms with Crippen molar-refractivity contribution in [2.75, 3.05) is 0 Å². The topological polar surface area (TPSA) is 77.3 Å². The smallest absolute Gasteiger partial charge is 0.305 e. The average Bonchev–Trinajstić information content (AvgIpc) is 0.838. The van der Waals surface area contributed by atoms with E-state index in [-0.39, 0.29) is 40.2 Å². The molecule has 7 aromatic carbocycles. The van der Waals surface area contributed by atoms with Crippen molar-refractivity contribution in [2.24, 2.45) is 0 Å². The van der Waals surface area contributed by atoms with Crippen molar-refractivity contribution in [1.29, 1.82) is 0 Å². The van der Waals surface area contributed by atoms with E-state index < -0.39 is 0 Å². The normalized spacial score (nSPS) is 11.5. The fourth-order valence-electron chi connectivity index (χ4n) is 10.4. The molecule has 0 saturated carbocycles. The van der Waals surface area contributed by atoms with Crippen molar-refractivity contribution in [1.82, 2.24) is 29.9 Å². The number of nitrogens with zero attached hydrogens (tertiary/aromatic N) is 6. The van der Waals surface area contributed by atoms with Gasteiger partial charge in [0.05, 0.1) is 0 Å². The molecular formula is C84H54Ir2N6. The zero-order chi connectivity index (χ0) is 60.5. The van der Waals surface area contributed by atoms with E-state index in [0.29, 0.717) is 0 Å². The molecule has 0 amide bonds. The van der Waals surface area contributed by atoms with E-state index in [9.17, 15) is 0 Å². The molecule has 0 N–H and O–H groups in total. The molecule has 0 aliphatic heterocycles. The fourth-order valence-corrected chi connectivity index (χ4v) is 10.4. The predicted molar refractivity (Wildman–Crippen MR) is 371 cm³/mol. The van der Waals surface area contributed by atoms with E-state index in [1.165, 1.54) is 0 Å². The van der Waals surface area contributed by atoms with Gasteiger partial charge in [-0.15, -0.1) is 207 Å². The second-order valence-corrected chi connectivity index (χ2v) is 21.0. The molecule has 13 aromatic rings. The summed E-state index contributed by atoms with van der Waals surface area (Å²) in [6.45, 7) is 0. The van der Waals surface area contributed by atoms with Crippen LogP contribution in [0.4, 0.5) is 0 Å². The summed E-state index contributed by atoms with van der Waals surface area (Å²) in [6.07, 6.45) is 37.2. The molecule has 0 saturated heterocycles. The minimum atomic E-state index is 0. The molecule has 0 unspecified atom stereocenters. The first-order valence-corrected chi connectivity index (χ1v) is 29.5. The van der Waals surface area contributed by atoms with Crippen LogP contribution >= 0.6 is 0 Å². The van der Waals surface area contributed by atoms with E-state index in [1.54, 1.807) is 31.0 Å². The monoisotopic (exact) mass is 1530 g/mol. The summed E-state index contributed by atoms with van der Waals surface area (Å²) in [5, 5.41) is 0. The van der Waals surface area contributed by atoms with Gasteiger partial charge in [0.2, 0.25) is 0 Å². The Labute approximate surface area is 565 Å². The molecule has 6 aromatic heterocycles. The Bertz CT molecular complexity index is 3880. The quantitative estimate of drug-likeness (QED) is 0.0629. The summed E-state index contributed by atoms with van der Waals surface area (Å²) in [5.41, 5.74) is 22.2. The maximum atomic E-state index is 4.62. The van der Waals surface area contributed by atoms with Crippen LogP contribution in [0, 0.1) is 36.4 Å². The Balaban J connectivity index is 0.00000433. The van der Waals surface area contributed by atoms with Crippen LogP contribution in [-0.2, 0) is 40.2 Å². The zero-order valence-corrected chi connectivity index (χ0v) is 54.3. The van der Waals surface area contributed by atoms with Gasteiger partial charge in [-0.05, 0) is 104 Å². The van der Waals surface area contributed by atoms with Crippen LogP contribution in [0.25, 0.3) is 140 Å². The van der Waals surface area contributed by atoms with Gasteiger partial charge in [-0.3, -0.25) is 4.98 Å². The summed E-state index contributed by atoms with van der Waals surface area (Å²) in [7, 11) is 0. The molecule has 0 atom stereocenters. The molecule has 0 fully saturated rings. The van der Waals surface area contributed by atoms with Crippen LogP contribution in [0.15, 0.2) is 256 Å². The Morgan fingerprint density at radius 3 is 0.663 bits per heavy atom. The molecular weight excluding hydrogens is 1480 g/mol. The van der Waals surface area contributed by atoms with Crippen LogP contribution in [0.5, 0.6) is 0 Å². The van der Waals surface area contributed by atoms with E-state index in [2.05, 4.69) is 212 Å². The van der Waals surface area contributed by atoms with Gasteiger partial charge < -0.3 is 24.9 Å². The minimum Gasteiger partial charge on any atom is -0.305 e. The Morgan fingerprint density at radius 1 is 0.207 bits per heavy atom. The van der Waals surface area contributed by atoms with Gasteiger partial charge in [0, 0.05) is 42.9 Å². The summed E-state index contributed by atoms with van der Waals surface area (Å²) >= 11 is 0. The molecule has 92 heavy (non-hydrogen) atoms. The second-order valence-electron chi connectivity index (χ2n) is 21.0. The van der Waals surface area contributed by atoms with Crippen LogP contribution < -0.4 is 0 Å². The third kappa shape index (κ3) is 15.8. The predicted octanol–water partition coefficient (Wildman–Crippen LogP) is 19.9. The largest absolute Gasteiger partial charge is 3.00 e. The molecule has 0 radical (unpaired) electrons. The third-order valence-corrected chi connectivity index (χ3v) is 15.1. The second kappa shape index (κ2) is 31.1. The molecule has 13 rings (SSSR count). The van der Waals surface area contributed by atoms with Gasteiger partial charge >= 0.3 is 40.2 Å². The number of hydrogen-bond donors (Lipinski definition) is 0. The van der Waals surface area contributed by atoms with Crippen molar-refractivity contribution < 1.29 is 40.2 Å². The Morgan fingerprint density at radius 2 is 0.457 bits per heavy atom. The van der Waals surface area contributed by atoms with Crippen LogP contribution in [0.1, 0.15) is 66.8 Å². The standard InChI is InChI=1S/C84H54N6.2Ir/c1-7-55-85-79(13-1)67-37-19-61(20-38-67)31-49-73-74(50-32-62-21-39-68(40-22-62)80-14-2-8-56-86-80)76(52-34-64-25-43-70(44-26-64)82-16-4-10-58-88-82)78(54-36-66-29-47-72(48-30-66)84-18-6-12-60-90-84)77(53-35-65-27-45-71(46-28-65)83-17-5-11-59-89-83)75(73)51-33-63-23-41-69(42-24-63)81-15-3-9-57-87-81;;/h1-29,31-37,39,41,43,45,47-60H;;/q-6;2*+3/b49-31?,50-32-,51-33?,52-34-,53-35-,54-36-;;. The molecule has 6 heterocycles. The van der Waals surface area contributed by atoms with Crippen molar-refractivity contribution in [2.45, 2.75) is 0 Å². The minimum absolute atomic E-state index is 0. The van der Waals surface area contributed by atoms with Gasteiger partial charge in [-0.1, -0.05) is 139 Å². The third-order valence-electron chi connectivity index (χ3n) is 15.1. The van der Waals surface area contributed by atoms with Gasteiger partial charge in [0.25, 0.3) is 0 Å². The number of pyridine rings is 6. The molecule has 438 valence electrons. The van der Waals surface area contributed by atoms with Crippen LogP contribution in [0.3, 0.4) is 0 Å². The van der Waals surface area contributed by atoms with E-state index >= 15 is 0 Å². The van der Waals surface area contributed by atoms with Gasteiger partial charge in [-0.25, -0.2) is 0 Å². The van der Waals surface area contributed by atoms with Crippen molar-refractivity contribution in [3.63, 3.8) is 0 Å². The molecule has 0 spiro atoms. The maximum absolute atomic E-state index is 4.62. The van der Waals surface area contributed by atoms with E-state index in [1.807, 2.05) is 152 Å². The van der Waals surface area contributed by atoms with Crippen LogP contribution in [-0.4, -0.2) is 29.9 Å². The van der Waals surface area contributed by atoms with E-state index in [0.717, 1.165) is 134 Å². The average molecular weight is 1530 g/mol. The Kier molecular flexibility index (Phi) is 21.2. The van der Waals surface area contributed by atoms with Crippen LogP contribution in [0.2, 0.25) is 0 Å². The van der Waals surface area contributed by atoms with Crippen molar-refractivity contribution >= 4 is 72.9 Å². The first kappa shape index (κ1) is 62.8. The summed E-state index contributed by atoms with van der Waals surface area (Å²) in [5.74, 6) is 0. The SMILES string of the molecule is [Ir+3].[Ir+3].[c-]1cc(-c2ccccn2)ccc1/C=C\c1c(/C=C\c2c[c-]c(-c3ccccn3)cc2)c(C=Cc2c[c-]c(-c3ccccn3)cc2)c(C=Cc2c[c-]c(-c3ccccn3)cc2)c(/C=C\c2c[c-]c(-c3ccccn3)cc2)c1/C=C\c1c[c-]c(-c2ccccn2)cc1. The molecule has 0 aliphatic rings. The maximum Gasteiger partial charge on any atom is 3.00 e. The number of benzene rings is 7. The molecule has 0 bridgehead atoms. The summed E-state index contributed by atoms with van der Waals surface area (Å²) < 4.78 is 0. The molecule has 6 nitrogen and oxygen atoms in total. The Hall–Kier alpha value is -10.8. The van der Waals surface area contributed by atoms with Crippen molar-refractivity contribution in [3.8, 4) is 67.5 Å². The number of rotatable bonds is 18. The number of aromatic nitrogens is 6. The zero-order valence-electron chi connectivity index (χ0n) is 49.5. The summed E-state index contributed by atoms with van der Waals surface area (Å²) in [6, 6.07) is 93.9. The van der Waals surface area contributed by atoms with Gasteiger partial charge in [0.15, 0.2) is 0 Å².